The van der Waals surface area contributed by atoms with Crippen LogP contribution in [0.25, 0.3) is 0 Å². The van der Waals surface area contributed by atoms with Gasteiger partial charge in [0.25, 0.3) is 0 Å². The number of unbranched alkanes of at least 4 members (excludes halogenated alkanes) is 24. The van der Waals surface area contributed by atoms with Gasteiger partial charge in [0.2, 0.25) is 0 Å². The summed E-state index contributed by atoms with van der Waals surface area (Å²) < 4.78 is 2.65. The van der Waals surface area contributed by atoms with Gasteiger partial charge in [0, 0.05) is 31.4 Å². The summed E-state index contributed by atoms with van der Waals surface area (Å²) in [5.74, 6) is 0. The molecule has 1 nitrogen and oxygen atoms in total. The highest BCUT2D eigenvalue weighted by Crippen LogP contribution is 2.32. The summed E-state index contributed by atoms with van der Waals surface area (Å²) in [5.41, 5.74) is 0.341. The molecule has 0 saturated heterocycles. The molecule has 0 amide bonds. The molecule has 0 radical (unpaired) electrons. The van der Waals surface area contributed by atoms with Gasteiger partial charge in [0.05, 0.1) is 0 Å². The Bertz CT molecular complexity index is 592. The summed E-state index contributed by atoms with van der Waals surface area (Å²) in [6.45, 7) is 6.97. The lowest BCUT2D eigenvalue weighted by Crippen LogP contribution is -2.55. The third kappa shape index (κ3) is 20.1. The highest BCUT2D eigenvalue weighted by molar-refractivity contribution is 4.86. The number of nitrogens with zero attached hydrogens (tertiary/aromatic N) is 1. The Labute approximate surface area is 253 Å². The molecule has 234 valence electrons. The second kappa shape index (κ2) is 28.3. The van der Waals surface area contributed by atoms with Gasteiger partial charge in [0.15, 0.2) is 17.9 Å². The van der Waals surface area contributed by atoms with Crippen LogP contribution in [0, 0.1) is 0 Å². The summed E-state index contributed by atoms with van der Waals surface area (Å²) in [5, 5.41) is 0. The van der Waals surface area contributed by atoms with E-state index in [4.69, 9.17) is 0 Å². The van der Waals surface area contributed by atoms with Crippen molar-refractivity contribution in [2.45, 2.75) is 219 Å². The topological polar surface area (TPSA) is 3.88 Å². The Morgan fingerprint density at radius 3 is 0.850 bits per heavy atom. The first-order chi connectivity index (χ1) is 19.8. The second-order valence-corrected chi connectivity index (χ2v) is 13.2. The van der Waals surface area contributed by atoms with Crippen LogP contribution in [0.15, 0.2) is 30.6 Å². The van der Waals surface area contributed by atoms with E-state index in [9.17, 15) is 0 Å². The van der Waals surface area contributed by atoms with E-state index in [1.807, 2.05) is 0 Å². The largest absolute Gasteiger partial charge is 0.200 e. The van der Waals surface area contributed by atoms with E-state index in [0.717, 1.165) is 0 Å². The zero-order valence-electron chi connectivity index (χ0n) is 28.0. The Hall–Kier alpha value is -0.850. The summed E-state index contributed by atoms with van der Waals surface area (Å²) >= 11 is 0. The first kappa shape index (κ1) is 37.2. The standard InChI is InChI=1S/C39H74N/c1-4-7-10-13-16-17-18-19-20-21-22-23-24-27-31-36-39(40-37-32-28-33-38-40,34-29-25-14-11-8-5-2)35-30-26-15-12-9-6-3/h28,32-33,37-38H,4-27,29-31,34-36H2,1-3H3/q+1. The summed E-state index contributed by atoms with van der Waals surface area (Å²) in [6.07, 6.45) is 47.6. The smallest absolute Gasteiger partial charge is 0.169 e. The van der Waals surface area contributed by atoms with Crippen molar-refractivity contribution in [2.75, 3.05) is 0 Å². The third-order valence-corrected chi connectivity index (χ3v) is 9.50. The zero-order chi connectivity index (χ0) is 28.8. The van der Waals surface area contributed by atoms with Crippen LogP contribution in [0.1, 0.15) is 213 Å². The van der Waals surface area contributed by atoms with Gasteiger partial charge in [0.1, 0.15) is 0 Å². The molecule has 40 heavy (non-hydrogen) atoms. The van der Waals surface area contributed by atoms with E-state index in [0.29, 0.717) is 5.54 Å². The second-order valence-electron chi connectivity index (χ2n) is 13.2. The van der Waals surface area contributed by atoms with Crippen molar-refractivity contribution in [3.05, 3.63) is 30.6 Å². The zero-order valence-corrected chi connectivity index (χ0v) is 28.0. The molecule has 0 spiro atoms. The monoisotopic (exact) mass is 557 g/mol. The fourth-order valence-electron chi connectivity index (χ4n) is 6.77. The van der Waals surface area contributed by atoms with Crippen LogP contribution in [0.5, 0.6) is 0 Å². The Morgan fingerprint density at radius 1 is 0.325 bits per heavy atom. The van der Waals surface area contributed by atoms with Crippen molar-refractivity contribution in [3.8, 4) is 0 Å². The van der Waals surface area contributed by atoms with E-state index >= 15 is 0 Å². The van der Waals surface area contributed by atoms with Crippen molar-refractivity contribution < 1.29 is 4.57 Å². The van der Waals surface area contributed by atoms with Crippen LogP contribution in [0.2, 0.25) is 0 Å². The quantitative estimate of drug-likeness (QED) is 0.0632. The van der Waals surface area contributed by atoms with Crippen LogP contribution < -0.4 is 4.57 Å². The van der Waals surface area contributed by atoms with Gasteiger partial charge in [-0.2, -0.15) is 4.57 Å². The average Bonchev–Trinajstić information content (AvgIpc) is 2.98. The van der Waals surface area contributed by atoms with Crippen molar-refractivity contribution in [1.29, 1.82) is 0 Å². The highest BCUT2D eigenvalue weighted by atomic mass is 15.0. The number of rotatable bonds is 31. The Kier molecular flexibility index (Phi) is 26.3. The molecule has 1 aromatic heterocycles. The van der Waals surface area contributed by atoms with E-state index < -0.39 is 0 Å². The number of hydrogen-bond donors (Lipinski definition) is 0. The highest BCUT2D eigenvalue weighted by Gasteiger charge is 2.37. The maximum atomic E-state index is 2.65. The van der Waals surface area contributed by atoms with Gasteiger partial charge in [-0.3, -0.25) is 0 Å². The van der Waals surface area contributed by atoms with Crippen LogP contribution in [0.3, 0.4) is 0 Å². The maximum absolute atomic E-state index is 2.65. The number of aromatic nitrogens is 1. The van der Waals surface area contributed by atoms with E-state index in [1.165, 1.54) is 193 Å². The molecular weight excluding hydrogens is 482 g/mol. The average molecular weight is 557 g/mol. The minimum Gasteiger partial charge on any atom is -0.200 e. The molecule has 0 atom stereocenters. The first-order valence-electron chi connectivity index (χ1n) is 18.8. The molecule has 1 rings (SSSR count). The molecule has 0 saturated carbocycles. The first-order valence-corrected chi connectivity index (χ1v) is 18.8. The van der Waals surface area contributed by atoms with Crippen LogP contribution >= 0.6 is 0 Å². The fraction of sp³-hybridized carbons (Fsp3) is 0.872. The summed E-state index contributed by atoms with van der Waals surface area (Å²) in [7, 11) is 0. The van der Waals surface area contributed by atoms with Crippen LogP contribution in [-0.2, 0) is 5.54 Å². The molecule has 0 aliphatic rings. The molecule has 0 aliphatic heterocycles. The molecule has 0 unspecified atom stereocenters. The van der Waals surface area contributed by atoms with Crippen molar-refractivity contribution >= 4 is 0 Å². The molecule has 1 heterocycles. The Balaban J connectivity index is 2.42. The lowest BCUT2D eigenvalue weighted by molar-refractivity contribution is -0.768. The molecule has 1 aromatic rings. The Morgan fingerprint density at radius 2 is 0.575 bits per heavy atom. The normalized spacial score (nSPS) is 11.9. The third-order valence-electron chi connectivity index (χ3n) is 9.50. The molecule has 0 aromatic carbocycles. The summed E-state index contributed by atoms with van der Waals surface area (Å²) in [6, 6.07) is 6.73. The summed E-state index contributed by atoms with van der Waals surface area (Å²) in [4.78, 5) is 0. The van der Waals surface area contributed by atoms with E-state index in [-0.39, 0.29) is 0 Å². The SMILES string of the molecule is CCCCCCCCCCCCCCCCCC(CCCCCCCC)(CCCCCCCC)[n+]1ccccc1. The fourth-order valence-corrected chi connectivity index (χ4v) is 6.77. The minimum absolute atomic E-state index is 0.341. The molecule has 0 bridgehead atoms. The van der Waals surface area contributed by atoms with Crippen molar-refractivity contribution in [3.63, 3.8) is 0 Å². The molecule has 0 aliphatic carbocycles. The minimum atomic E-state index is 0.341. The molecule has 0 fully saturated rings. The van der Waals surface area contributed by atoms with Gasteiger partial charge >= 0.3 is 0 Å². The van der Waals surface area contributed by atoms with Gasteiger partial charge < -0.3 is 0 Å². The predicted molar refractivity (Wildman–Crippen MR) is 180 cm³/mol. The van der Waals surface area contributed by atoms with E-state index in [2.05, 4.69) is 55.9 Å². The lowest BCUT2D eigenvalue weighted by atomic mass is 9.81. The van der Waals surface area contributed by atoms with E-state index in [1.54, 1.807) is 0 Å². The number of pyridine rings is 1. The van der Waals surface area contributed by atoms with Gasteiger partial charge in [-0.25, -0.2) is 0 Å². The maximum Gasteiger partial charge on any atom is 0.169 e. The molecular formula is C39H74N+. The predicted octanol–water partition coefficient (Wildman–Crippen LogP) is 13.4. The lowest BCUT2D eigenvalue weighted by Gasteiger charge is -2.29. The van der Waals surface area contributed by atoms with Crippen molar-refractivity contribution in [1.82, 2.24) is 0 Å². The van der Waals surface area contributed by atoms with Gasteiger partial charge in [-0.1, -0.05) is 181 Å². The number of hydrogen-bond acceptors (Lipinski definition) is 0. The van der Waals surface area contributed by atoms with Crippen LogP contribution in [-0.4, -0.2) is 0 Å². The van der Waals surface area contributed by atoms with Gasteiger partial charge in [-0.15, -0.1) is 0 Å². The molecule has 0 N–H and O–H groups in total. The van der Waals surface area contributed by atoms with Crippen molar-refractivity contribution in [2.24, 2.45) is 0 Å². The van der Waals surface area contributed by atoms with Crippen LogP contribution in [0.4, 0.5) is 0 Å². The molecule has 1 heteroatoms. The van der Waals surface area contributed by atoms with Gasteiger partial charge in [-0.05, 0) is 19.3 Å².